The van der Waals surface area contributed by atoms with Crippen molar-refractivity contribution >= 4 is 56.0 Å². The van der Waals surface area contributed by atoms with Crippen LogP contribution >= 0.6 is 31.9 Å². The standard InChI is InChI=1S/C21H20Br2N4O7/c1-10-17(20(29)32-3)18(26-21(30)25-10)11-4-5-14(15(6-11)31-2)33-9-16(28)27-24-8-12-7-13(22)19(23)34-12/h4-8,18H,9H2,1-3H3,(H,27,28)(H2,25,26,30)/b24-8-/t18-/m0/s1. The van der Waals surface area contributed by atoms with Crippen molar-refractivity contribution in [3.8, 4) is 11.5 Å². The second kappa shape index (κ2) is 11.2. The number of nitrogens with zero attached hydrogens (tertiary/aromatic N) is 1. The number of esters is 1. The Morgan fingerprint density at radius 3 is 2.65 bits per heavy atom. The maximum Gasteiger partial charge on any atom is 0.337 e. The van der Waals surface area contributed by atoms with Crippen molar-refractivity contribution in [1.82, 2.24) is 16.1 Å². The van der Waals surface area contributed by atoms with Crippen molar-refractivity contribution in [3.05, 3.63) is 56.0 Å². The molecule has 3 amide bonds. The molecule has 0 saturated heterocycles. The van der Waals surface area contributed by atoms with Crippen molar-refractivity contribution in [2.24, 2.45) is 5.10 Å². The van der Waals surface area contributed by atoms with E-state index in [4.69, 9.17) is 18.6 Å². The number of hydrogen-bond donors (Lipinski definition) is 3. The van der Waals surface area contributed by atoms with Crippen LogP contribution in [-0.4, -0.2) is 44.9 Å². The average molecular weight is 600 g/mol. The number of methoxy groups -OCH3 is 2. The van der Waals surface area contributed by atoms with Crippen LogP contribution in [0.4, 0.5) is 4.79 Å². The largest absolute Gasteiger partial charge is 0.493 e. The van der Waals surface area contributed by atoms with Gasteiger partial charge in [0.05, 0.1) is 36.5 Å². The molecule has 34 heavy (non-hydrogen) atoms. The van der Waals surface area contributed by atoms with Gasteiger partial charge in [-0.1, -0.05) is 6.07 Å². The quantitative estimate of drug-likeness (QED) is 0.240. The van der Waals surface area contributed by atoms with Crippen LogP contribution in [0.25, 0.3) is 0 Å². The third-order valence-corrected chi connectivity index (χ3v) is 6.31. The number of hydrogen-bond acceptors (Lipinski definition) is 8. The second-order valence-corrected chi connectivity index (χ2v) is 8.40. The summed E-state index contributed by atoms with van der Waals surface area (Å²) in [7, 11) is 2.69. The van der Waals surface area contributed by atoms with E-state index in [9.17, 15) is 14.4 Å². The molecule has 13 heteroatoms. The summed E-state index contributed by atoms with van der Waals surface area (Å²) in [6, 6.07) is 5.28. The van der Waals surface area contributed by atoms with E-state index < -0.39 is 23.9 Å². The van der Waals surface area contributed by atoms with Gasteiger partial charge in [-0.15, -0.1) is 0 Å². The number of hydrazone groups is 1. The van der Waals surface area contributed by atoms with E-state index in [0.717, 1.165) is 0 Å². The Morgan fingerprint density at radius 2 is 2.00 bits per heavy atom. The SMILES string of the molecule is COC(=O)C1=C(C)NC(=O)N[C@H]1c1ccc(OCC(=O)N/N=C\c2cc(Br)c(Br)o2)c(OC)c1. The molecule has 0 aliphatic carbocycles. The van der Waals surface area contributed by atoms with Crippen molar-refractivity contribution < 1.29 is 33.0 Å². The molecule has 180 valence electrons. The van der Waals surface area contributed by atoms with Gasteiger partial charge in [0.15, 0.2) is 22.8 Å². The molecule has 3 N–H and O–H groups in total. The van der Waals surface area contributed by atoms with E-state index in [0.29, 0.717) is 31.9 Å². The fourth-order valence-electron chi connectivity index (χ4n) is 3.08. The molecular formula is C21H20Br2N4O7. The van der Waals surface area contributed by atoms with Crippen molar-refractivity contribution in [1.29, 1.82) is 0 Å². The minimum absolute atomic E-state index is 0.255. The number of furan rings is 1. The summed E-state index contributed by atoms with van der Waals surface area (Å²) in [4.78, 5) is 36.3. The summed E-state index contributed by atoms with van der Waals surface area (Å²) < 4.78 is 22.3. The highest BCUT2D eigenvalue weighted by molar-refractivity contribution is 9.13. The lowest BCUT2D eigenvalue weighted by Gasteiger charge is -2.28. The van der Waals surface area contributed by atoms with Crippen molar-refractivity contribution in [2.75, 3.05) is 20.8 Å². The second-order valence-electron chi connectivity index (χ2n) is 6.82. The predicted molar refractivity (Wildman–Crippen MR) is 127 cm³/mol. The highest BCUT2D eigenvalue weighted by Crippen LogP contribution is 2.34. The molecule has 1 aliphatic heterocycles. The summed E-state index contributed by atoms with van der Waals surface area (Å²) in [5.74, 6) is -0.0820. The average Bonchev–Trinajstić information content (AvgIpc) is 3.13. The third kappa shape index (κ3) is 5.97. The predicted octanol–water partition coefficient (Wildman–Crippen LogP) is 3.14. The highest BCUT2D eigenvalue weighted by atomic mass is 79.9. The Balaban J connectivity index is 1.69. The van der Waals surface area contributed by atoms with Gasteiger partial charge in [-0.3, -0.25) is 4.79 Å². The van der Waals surface area contributed by atoms with Gasteiger partial charge in [-0.05, 0) is 56.5 Å². The van der Waals surface area contributed by atoms with Crippen LogP contribution in [0.5, 0.6) is 11.5 Å². The first kappa shape index (κ1) is 25.3. The van der Waals surface area contributed by atoms with E-state index in [1.165, 1.54) is 20.4 Å². The van der Waals surface area contributed by atoms with E-state index >= 15 is 0 Å². The summed E-state index contributed by atoms with van der Waals surface area (Å²) >= 11 is 6.49. The molecule has 0 saturated carbocycles. The van der Waals surface area contributed by atoms with Crippen LogP contribution in [0.15, 0.2) is 54.2 Å². The number of urea groups is 1. The van der Waals surface area contributed by atoms with Crippen LogP contribution in [-0.2, 0) is 14.3 Å². The zero-order valence-corrected chi connectivity index (χ0v) is 21.4. The fourth-order valence-corrected chi connectivity index (χ4v) is 3.69. The molecule has 11 nitrogen and oxygen atoms in total. The van der Waals surface area contributed by atoms with Crippen molar-refractivity contribution in [3.63, 3.8) is 0 Å². The summed E-state index contributed by atoms with van der Waals surface area (Å²) in [5, 5.41) is 9.05. The molecule has 1 aromatic carbocycles. The molecule has 2 heterocycles. The lowest BCUT2D eigenvalue weighted by molar-refractivity contribution is -0.136. The minimum Gasteiger partial charge on any atom is -0.493 e. The number of ether oxygens (including phenoxy) is 3. The Kier molecular flexibility index (Phi) is 8.34. The number of amides is 3. The first-order valence-corrected chi connectivity index (χ1v) is 11.3. The van der Waals surface area contributed by atoms with Crippen LogP contribution in [0.1, 0.15) is 24.3 Å². The molecule has 1 aliphatic rings. The Morgan fingerprint density at radius 1 is 1.24 bits per heavy atom. The number of carbonyl (C=O) groups is 3. The number of halogens is 2. The van der Waals surface area contributed by atoms with Gasteiger partial charge >= 0.3 is 12.0 Å². The molecular weight excluding hydrogens is 580 g/mol. The van der Waals surface area contributed by atoms with E-state index in [2.05, 4.69) is 53.0 Å². The van der Waals surface area contributed by atoms with Crippen LogP contribution in [0.2, 0.25) is 0 Å². The summed E-state index contributed by atoms with van der Waals surface area (Å²) in [6.45, 7) is 1.27. The monoisotopic (exact) mass is 598 g/mol. The van der Waals surface area contributed by atoms with Gasteiger partial charge in [-0.2, -0.15) is 5.10 Å². The smallest absolute Gasteiger partial charge is 0.337 e. The Hall–Kier alpha value is -3.32. The van der Waals surface area contributed by atoms with Crippen LogP contribution < -0.4 is 25.5 Å². The Labute approximate surface area is 211 Å². The van der Waals surface area contributed by atoms with Gasteiger partial charge in [0.1, 0.15) is 5.76 Å². The maximum absolute atomic E-state index is 12.3. The lowest BCUT2D eigenvalue weighted by atomic mass is 9.95. The molecule has 1 aromatic heterocycles. The molecule has 0 radical (unpaired) electrons. The van der Waals surface area contributed by atoms with Gasteiger partial charge in [-0.25, -0.2) is 15.0 Å². The van der Waals surface area contributed by atoms with Gasteiger partial charge in [0.2, 0.25) is 0 Å². The van der Waals surface area contributed by atoms with E-state index in [1.807, 2.05) is 0 Å². The number of benzene rings is 1. The molecule has 0 spiro atoms. The highest BCUT2D eigenvalue weighted by Gasteiger charge is 2.32. The number of rotatable bonds is 8. The minimum atomic E-state index is -0.761. The maximum atomic E-state index is 12.3. The molecule has 0 unspecified atom stereocenters. The van der Waals surface area contributed by atoms with Gasteiger partial charge in [0.25, 0.3) is 5.91 Å². The van der Waals surface area contributed by atoms with Gasteiger partial charge < -0.3 is 29.3 Å². The zero-order valence-electron chi connectivity index (χ0n) is 18.2. The first-order valence-electron chi connectivity index (χ1n) is 9.67. The lowest BCUT2D eigenvalue weighted by Crippen LogP contribution is -2.45. The van der Waals surface area contributed by atoms with Crippen LogP contribution in [0, 0.1) is 0 Å². The van der Waals surface area contributed by atoms with E-state index in [-0.39, 0.29) is 17.9 Å². The van der Waals surface area contributed by atoms with Gasteiger partial charge in [0, 0.05) is 11.8 Å². The molecule has 0 fully saturated rings. The molecule has 3 rings (SSSR count). The number of nitrogens with one attached hydrogen (secondary N) is 3. The normalized spacial score (nSPS) is 15.6. The summed E-state index contributed by atoms with van der Waals surface area (Å²) in [5.41, 5.74) is 3.52. The van der Waals surface area contributed by atoms with Crippen LogP contribution in [0.3, 0.4) is 0 Å². The van der Waals surface area contributed by atoms with E-state index in [1.54, 1.807) is 31.2 Å². The fraction of sp³-hybridized carbons (Fsp3) is 0.238. The zero-order chi connectivity index (χ0) is 24.8. The topological polar surface area (TPSA) is 140 Å². The van der Waals surface area contributed by atoms with Crippen molar-refractivity contribution in [2.45, 2.75) is 13.0 Å². The molecule has 1 atom stereocenters. The Bertz CT molecular complexity index is 1160. The number of allylic oxidation sites excluding steroid dienone is 1. The third-order valence-electron chi connectivity index (χ3n) is 4.60. The summed E-state index contributed by atoms with van der Waals surface area (Å²) in [6.07, 6.45) is 1.34. The first-order chi connectivity index (χ1) is 16.2. The molecule has 0 bridgehead atoms. The number of carbonyl (C=O) groups excluding carboxylic acids is 3. The molecule has 2 aromatic rings.